The van der Waals surface area contributed by atoms with Crippen molar-refractivity contribution in [1.82, 2.24) is 9.80 Å². The second kappa shape index (κ2) is 9.05. The molecule has 0 radical (unpaired) electrons. The largest absolute Gasteiger partial charge is 0.484 e. The summed E-state index contributed by atoms with van der Waals surface area (Å²) >= 11 is 0. The van der Waals surface area contributed by atoms with Crippen LogP contribution in [0.4, 0.5) is 0 Å². The Hall–Kier alpha value is -2.57. The van der Waals surface area contributed by atoms with Crippen LogP contribution < -0.4 is 4.74 Å². The van der Waals surface area contributed by atoms with E-state index in [4.69, 9.17) is 9.84 Å². The normalized spacial score (nSPS) is 14.3. The first-order valence-electron chi connectivity index (χ1n) is 8.42. The lowest BCUT2D eigenvalue weighted by Gasteiger charge is -2.34. The third-order valence-corrected chi connectivity index (χ3v) is 4.12. The molecule has 1 heterocycles. The zero-order chi connectivity index (χ0) is 18.2. The quantitative estimate of drug-likeness (QED) is 0.802. The molecule has 25 heavy (non-hydrogen) atoms. The highest BCUT2D eigenvalue weighted by Gasteiger charge is 2.24. The van der Waals surface area contributed by atoms with Crippen LogP contribution in [0.5, 0.6) is 5.75 Å². The second-order valence-electron chi connectivity index (χ2n) is 6.11. The molecule has 7 heteroatoms. The number of hydrogen-bond donors (Lipinski definition) is 1. The van der Waals surface area contributed by atoms with Gasteiger partial charge in [0.05, 0.1) is 0 Å². The number of carboxylic acid groups (broad SMARTS) is 1. The summed E-state index contributed by atoms with van der Waals surface area (Å²) in [4.78, 5) is 38.1. The number of carbonyl (C=O) groups is 3. The molecule has 2 amide bonds. The number of piperazine rings is 1. The molecule has 0 aromatic heterocycles. The molecule has 1 aromatic carbocycles. The van der Waals surface area contributed by atoms with E-state index in [0.717, 1.165) is 5.56 Å². The number of aryl methyl sites for hydroxylation is 1. The summed E-state index contributed by atoms with van der Waals surface area (Å²) in [6.07, 6.45) is 0.578. The molecule has 0 aliphatic carbocycles. The molecular formula is C18H24N2O5. The van der Waals surface area contributed by atoms with Gasteiger partial charge in [-0.3, -0.25) is 14.4 Å². The number of rotatable bonds is 7. The number of aliphatic carboxylic acids is 1. The number of hydrogen-bond acceptors (Lipinski definition) is 4. The molecule has 7 nitrogen and oxygen atoms in total. The van der Waals surface area contributed by atoms with E-state index in [2.05, 4.69) is 0 Å². The van der Waals surface area contributed by atoms with E-state index >= 15 is 0 Å². The highest BCUT2D eigenvalue weighted by atomic mass is 16.5. The summed E-state index contributed by atoms with van der Waals surface area (Å²) in [7, 11) is 0. The Bertz CT molecular complexity index is 624. The van der Waals surface area contributed by atoms with Crippen molar-refractivity contribution >= 4 is 17.8 Å². The van der Waals surface area contributed by atoms with E-state index < -0.39 is 5.97 Å². The standard InChI is InChI=1S/C18H24N2O5/c1-14-4-2-5-15(12-14)25-13-17(22)20-10-8-19(9-11-20)16(21)6-3-7-18(23)24/h2,4-5,12H,3,6-11,13H2,1H3,(H,23,24). The van der Waals surface area contributed by atoms with E-state index in [0.29, 0.717) is 38.3 Å². The minimum Gasteiger partial charge on any atom is -0.484 e. The summed E-state index contributed by atoms with van der Waals surface area (Å²) in [6, 6.07) is 7.53. The molecule has 0 atom stereocenters. The number of ether oxygens (including phenoxy) is 1. The highest BCUT2D eigenvalue weighted by molar-refractivity contribution is 5.79. The fourth-order valence-corrected chi connectivity index (χ4v) is 2.70. The maximum absolute atomic E-state index is 12.2. The van der Waals surface area contributed by atoms with Crippen LogP contribution in [-0.2, 0) is 14.4 Å². The topological polar surface area (TPSA) is 87.2 Å². The zero-order valence-electron chi connectivity index (χ0n) is 14.4. The van der Waals surface area contributed by atoms with Gasteiger partial charge in [-0.1, -0.05) is 12.1 Å². The Balaban J connectivity index is 1.71. The number of carbonyl (C=O) groups excluding carboxylic acids is 2. The summed E-state index contributed by atoms with van der Waals surface area (Å²) < 4.78 is 5.52. The number of carboxylic acids is 1. The fraction of sp³-hybridized carbons (Fsp3) is 0.500. The van der Waals surface area contributed by atoms with Gasteiger partial charge in [0.2, 0.25) is 5.91 Å². The summed E-state index contributed by atoms with van der Waals surface area (Å²) in [5.41, 5.74) is 1.07. The van der Waals surface area contributed by atoms with E-state index in [9.17, 15) is 14.4 Å². The van der Waals surface area contributed by atoms with Crippen LogP contribution in [0.25, 0.3) is 0 Å². The van der Waals surface area contributed by atoms with Gasteiger partial charge < -0.3 is 19.6 Å². The van der Waals surface area contributed by atoms with Crippen LogP contribution in [0, 0.1) is 6.92 Å². The first-order chi connectivity index (χ1) is 12.0. The predicted molar refractivity (Wildman–Crippen MR) is 91.3 cm³/mol. The molecule has 0 spiro atoms. The maximum Gasteiger partial charge on any atom is 0.303 e. The molecular weight excluding hydrogens is 324 g/mol. The molecule has 0 bridgehead atoms. The van der Waals surface area contributed by atoms with Crippen molar-refractivity contribution in [1.29, 1.82) is 0 Å². The van der Waals surface area contributed by atoms with E-state index in [1.807, 2.05) is 31.2 Å². The average Bonchev–Trinajstić information content (AvgIpc) is 2.59. The Kier molecular flexibility index (Phi) is 6.80. The van der Waals surface area contributed by atoms with Crippen LogP contribution >= 0.6 is 0 Å². The van der Waals surface area contributed by atoms with Crippen molar-refractivity contribution in [2.24, 2.45) is 0 Å². The van der Waals surface area contributed by atoms with Crippen molar-refractivity contribution < 1.29 is 24.2 Å². The van der Waals surface area contributed by atoms with Gasteiger partial charge in [-0.15, -0.1) is 0 Å². The lowest BCUT2D eigenvalue weighted by molar-refractivity contribution is -0.141. The molecule has 2 rings (SSSR count). The lowest BCUT2D eigenvalue weighted by atomic mass is 10.2. The van der Waals surface area contributed by atoms with Gasteiger partial charge in [-0.2, -0.15) is 0 Å². The molecule has 1 saturated heterocycles. The lowest BCUT2D eigenvalue weighted by Crippen LogP contribution is -2.51. The third-order valence-electron chi connectivity index (χ3n) is 4.12. The molecule has 0 unspecified atom stereocenters. The maximum atomic E-state index is 12.2. The van der Waals surface area contributed by atoms with Crippen LogP contribution in [-0.4, -0.2) is 65.5 Å². The molecule has 0 saturated carbocycles. The predicted octanol–water partition coefficient (Wildman–Crippen LogP) is 1.30. The summed E-state index contributed by atoms with van der Waals surface area (Å²) in [5, 5.41) is 8.60. The molecule has 1 aliphatic rings. The van der Waals surface area contributed by atoms with Gasteiger partial charge in [0.25, 0.3) is 5.91 Å². The molecule has 1 aromatic rings. The Morgan fingerprint density at radius 3 is 2.28 bits per heavy atom. The van der Waals surface area contributed by atoms with E-state index in [1.54, 1.807) is 9.80 Å². The van der Waals surface area contributed by atoms with Crippen LogP contribution in [0.3, 0.4) is 0 Å². The Morgan fingerprint density at radius 2 is 1.68 bits per heavy atom. The average molecular weight is 348 g/mol. The molecule has 1 fully saturated rings. The minimum atomic E-state index is -0.892. The Labute approximate surface area is 147 Å². The van der Waals surface area contributed by atoms with Crippen molar-refractivity contribution in [3.63, 3.8) is 0 Å². The fourth-order valence-electron chi connectivity index (χ4n) is 2.70. The summed E-state index contributed by atoms with van der Waals surface area (Å²) in [5.74, 6) is -0.374. The van der Waals surface area contributed by atoms with Gasteiger partial charge in [-0.05, 0) is 31.0 Å². The first kappa shape index (κ1) is 18.8. The SMILES string of the molecule is Cc1cccc(OCC(=O)N2CCN(C(=O)CCCC(=O)O)CC2)c1. The van der Waals surface area contributed by atoms with Gasteiger partial charge in [0, 0.05) is 39.0 Å². The monoisotopic (exact) mass is 348 g/mol. The second-order valence-corrected chi connectivity index (χ2v) is 6.11. The number of nitrogens with zero attached hydrogens (tertiary/aromatic N) is 2. The smallest absolute Gasteiger partial charge is 0.303 e. The van der Waals surface area contributed by atoms with E-state index in [1.165, 1.54) is 0 Å². The van der Waals surface area contributed by atoms with Gasteiger partial charge in [0.1, 0.15) is 5.75 Å². The molecule has 1 N–H and O–H groups in total. The third kappa shape index (κ3) is 6.10. The molecule has 136 valence electrons. The van der Waals surface area contributed by atoms with Crippen molar-refractivity contribution in [2.75, 3.05) is 32.8 Å². The van der Waals surface area contributed by atoms with Crippen LogP contribution in [0.2, 0.25) is 0 Å². The Morgan fingerprint density at radius 1 is 1.04 bits per heavy atom. The van der Waals surface area contributed by atoms with E-state index in [-0.39, 0.29) is 31.3 Å². The minimum absolute atomic E-state index is 0.000486. The number of benzene rings is 1. The van der Waals surface area contributed by atoms with Crippen LogP contribution in [0.15, 0.2) is 24.3 Å². The van der Waals surface area contributed by atoms with Crippen LogP contribution in [0.1, 0.15) is 24.8 Å². The van der Waals surface area contributed by atoms with Gasteiger partial charge in [0.15, 0.2) is 6.61 Å². The van der Waals surface area contributed by atoms with Crippen molar-refractivity contribution in [3.8, 4) is 5.75 Å². The highest BCUT2D eigenvalue weighted by Crippen LogP contribution is 2.13. The van der Waals surface area contributed by atoms with Crippen molar-refractivity contribution in [3.05, 3.63) is 29.8 Å². The first-order valence-corrected chi connectivity index (χ1v) is 8.42. The summed E-state index contributed by atoms with van der Waals surface area (Å²) in [6.45, 7) is 3.84. The van der Waals surface area contributed by atoms with Gasteiger partial charge in [-0.25, -0.2) is 0 Å². The van der Waals surface area contributed by atoms with Gasteiger partial charge >= 0.3 is 5.97 Å². The zero-order valence-corrected chi connectivity index (χ0v) is 14.4. The van der Waals surface area contributed by atoms with Crippen molar-refractivity contribution in [2.45, 2.75) is 26.2 Å². The molecule has 1 aliphatic heterocycles. The number of amides is 2.